The summed E-state index contributed by atoms with van der Waals surface area (Å²) in [5.41, 5.74) is 5.95. The van der Waals surface area contributed by atoms with Gasteiger partial charge >= 0.3 is 5.97 Å². The predicted octanol–water partition coefficient (Wildman–Crippen LogP) is 4.52. The third-order valence-corrected chi connectivity index (χ3v) is 5.51. The number of fused-ring (bicyclic) bond motifs is 2. The third kappa shape index (κ3) is 3.60. The van der Waals surface area contributed by atoms with Crippen molar-refractivity contribution in [3.8, 4) is 0 Å². The van der Waals surface area contributed by atoms with Gasteiger partial charge in [0.2, 0.25) is 0 Å². The van der Waals surface area contributed by atoms with Crippen LogP contribution in [0.3, 0.4) is 0 Å². The SMILES string of the molecule is Cc1cccc(C)c1NC(=O)[C@H](C)OC(=O)c1c2c(nc3ccccc13)CCC2. The molecule has 4 rings (SSSR count). The second-order valence-corrected chi connectivity index (χ2v) is 7.59. The largest absolute Gasteiger partial charge is 0.449 e. The molecule has 148 valence electrons. The van der Waals surface area contributed by atoms with Crippen molar-refractivity contribution in [2.45, 2.75) is 46.1 Å². The Kier molecular flexibility index (Phi) is 5.05. The van der Waals surface area contributed by atoms with E-state index in [1.807, 2.05) is 56.3 Å². The molecule has 0 saturated carbocycles. The zero-order valence-electron chi connectivity index (χ0n) is 16.9. The number of para-hydroxylation sites is 2. The standard InChI is InChI=1S/C24H24N2O3/c1-14-8-6-9-15(2)22(14)26-23(27)16(3)29-24(28)21-17-10-4-5-12-19(17)25-20-13-7-11-18(20)21/h4-6,8-10,12,16H,7,11,13H2,1-3H3,(H,26,27)/t16-/m0/s1. The summed E-state index contributed by atoms with van der Waals surface area (Å²) in [6, 6.07) is 13.4. The van der Waals surface area contributed by atoms with Gasteiger partial charge in [0.15, 0.2) is 6.10 Å². The van der Waals surface area contributed by atoms with E-state index in [2.05, 4.69) is 5.32 Å². The van der Waals surface area contributed by atoms with Crippen LogP contribution in [0.1, 0.15) is 46.1 Å². The maximum atomic E-state index is 13.1. The van der Waals surface area contributed by atoms with Crippen LogP contribution in [-0.2, 0) is 22.4 Å². The number of anilines is 1. The minimum Gasteiger partial charge on any atom is -0.449 e. The second-order valence-electron chi connectivity index (χ2n) is 7.59. The first-order valence-electron chi connectivity index (χ1n) is 9.94. The van der Waals surface area contributed by atoms with Crippen LogP contribution in [-0.4, -0.2) is 23.0 Å². The van der Waals surface area contributed by atoms with Crippen molar-refractivity contribution >= 4 is 28.5 Å². The first-order valence-corrected chi connectivity index (χ1v) is 9.94. The molecule has 2 aromatic carbocycles. The highest BCUT2D eigenvalue weighted by atomic mass is 16.5. The first kappa shape index (κ1) is 19.1. The molecule has 0 spiro atoms. The van der Waals surface area contributed by atoms with Gasteiger partial charge in [0.25, 0.3) is 5.91 Å². The van der Waals surface area contributed by atoms with E-state index in [1.165, 1.54) is 0 Å². The van der Waals surface area contributed by atoms with Crippen LogP contribution >= 0.6 is 0 Å². The molecule has 0 bridgehead atoms. The number of amides is 1. The van der Waals surface area contributed by atoms with E-state index in [-0.39, 0.29) is 5.91 Å². The van der Waals surface area contributed by atoms with Crippen LogP contribution in [0.4, 0.5) is 5.69 Å². The number of nitrogens with zero attached hydrogens (tertiary/aromatic N) is 1. The van der Waals surface area contributed by atoms with Crippen molar-refractivity contribution < 1.29 is 14.3 Å². The Hall–Kier alpha value is -3.21. The van der Waals surface area contributed by atoms with Crippen molar-refractivity contribution in [3.63, 3.8) is 0 Å². The summed E-state index contributed by atoms with van der Waals surface area (Å²) < 4.78 is 5.60. The number of hydrogen-bond donors (Lipinski definition) is 1. The van der Waals surface area contributed by atoms with Crippen LogP contribution in [0.5, 0.6) is 0 Å². The van der Waals surface area contributed by atoms with Crippen LogP contribution in [0, 0.1) is 13.8 Å². The number of aromatic nitrogens is 1. The average Bonchev–Trinajstić information content (AvgIpc) is 3.16. The van der Waals surface area contributed by atoms with E-state index in [0.717, 1.165) is 58.2 Å². The van der Waals surface area contributed by atoms with Gasteiger partial charge in [0.05, 0.1) is 11.1 Å². The summed E-state index contributed by atoms with van der Waals surface area (Å²) in [6.45, 7) is 5.47. The number of hydrogen-bond acceptors (Lipinski definition) is 4. The Morgan fingerprint density at radius 3 is 2.52 bits per heavy atom. The van der Waals surface area contributed by atoms with Gasteiger partial charge in [-0.25, -0.2) is 4.79 Å². The van der Waals surface area contributed by atoms with Crippen LogP contribution in [0.15, 0.2) is 42.5 Å². The number of carbonyl (C=O) groups excluding carboxylic acids is 2. The molecule has 1 aromatic heterocycles. The van der Waals surface area contributed by atoms with E-state index >= 15 is 0 Å². The van der Waals surface area contributed by atoms with Gasteiger partial charge in [-0.15, -0.1) is 0 Å². The molecule has 0 radical (unpaired) electrons. The van der Waals surface area contributed by atoms with Gasteiger partial charge in [-0.05, 0) is 62.8 Å². The molecule has 3 aromatic rings. The zero-order chi connectivity index (χ0) is 20.5. The Morgan fingerprint density at radius 2 is 1.76 bits per heavy atom. The topological polar surface area (TPSA) is 68.3 Å². The van der Waals surface area contributed by atoms with E-state index in [1.54, 1.807) is 6.92 Å². The molecule has 1 aliphatic carbocycles. The monoisotopic (exact) mass is 388 g/mol. The first-order chi connectivity index (χ1) is 14.0. The Labute approximate surface area is 170 Å². The number of benzene rings is 2. The number of carbonyl (C=O) groups is 2. The molecule has 1 aliphatic rings. The fraction of sp³-hybridized carbons (Fsp3) is 0.292. The molecule has 0 fully saturated rings. The summed E-state index contributed by atoms with van der Waals surface area (Å²) >= 11 is 0. The smallest absolute Gasteiger partial charge is 0.339 e. The molecule has 1 N–H and O–H groups in total. The number of aryl methyl sites for hydroxylation is 3. The second kappa shape index (κ2) is 7.66. The molecule has 0 unspecified atom stereocenters. The highest BCUT2D eigenvalue weighted by Crippen LogP contribution is 2.30. The van der Waals surface area contributed by atoms with Gasteiger partial charge in [-0.2, -0.15) is 0 Å². The van der Waals surface area contributed by atoms with E-state index in [9.17, 15) is 9.59 Å². The van der Waals surface area contributed by atoms with Crippen molar-refractivity contribution in [1.82, 2.24) is 4.98 Å². The molecule has 5 nitrogen and oxygen atoms in total. The summed E-state index contributed by atoms with van der Waals surface area (Å²) in [5, 5.41) is 3.67. The van der Waals surface area contributed by atoms with Gasteiger partial charge in [0, 0.05) is 16.8 Å². The van der Waals surface area contributed by atoms with E-state index in [0.29, 0.717) is 5.56 Å². The summed E-state index contributed by atoms with van der Waals surface area (Å²) in [6.07, 6.45) is 1.73. The minimum absolute atomic E-state index is 0.342. The summed E-state index contributed by atoms with van der Waals surface area (Å²) in [4.78, 5) is 30.5. The molecule has 0 aliphatic heterocycles. The van der Waals surface area contributed by atoms with E-state index < -0.39 is 12.1 Å². The van der Waals surface area contributed by atoms with Crippen molar-refractivity contribution in [1.29, 1.82) is 0 Å². The Bertz CT molecular complexity index is 1100. The van der Waals surface area contributed by atoms with Crippen molar-refractivity contribution in [2.75, 3.05) is 5.32 Å². The van der Waals surface area contributed by atoms with Gasteiger partial charge < -0.3 is 10.1 Å². The van der Waals surface area contributed by atoms with Crippen molar-refractivity contribution in [3.05, 3.63) is 70.4 Å². The molecule has 1 heterocycles. The lowest BCUT2D eigenvalue weighted by molar-refractivity contribution is -0.123. The number of nitrogens with one attached hydrogen (secondary N) is 1. The fourth-order valence-electron chi connectivity index (χ4n) is 3.95. The van der Waals surface area contributed by atoms with E-state index in [4.69, 9.17) is 9.72 Å². The quantitative estimate of drug-likeness (QED) is 0.667. The molecule has 29 heavy (non-hydrogen) atoms. The number of rotatable bonds is 4. The molecular formula is C24H24N2O3. The van der Waals surface area contributed by atoms with Crippen molar-refractivity contribution in [2.24, 2.45) is 0 Å². The third-order valence-electron chi connectivity index (χ3n) is 5.51. The summed E-state index contributed by atoms with van der Waals surface area (Å²) in [7, 11) is 0. The maximum absolute atomic E-state index is 13.1. The average molecular weight is 388 g/mol. The highest BCUT2D eigenvalue weighted by molar-refractivity contribution is 6.06. The maximum Gasteiger partial charge on any atom is 0.339 e. The van der Waals surface area contributed by atoms with Gasteiger partial charge in [-0.1, -0.05) is 36.4 Å². The molecule has 1 amide bonds. The predicted molar refractivity (Wildman–Crippen MR) is 113 cm³/mol. The minimum atomic E-state index is -0.912. The normalized spacial score (nSPS) is 13.8. The van der Waals surface area contributed by atoms with Crippen LogP contribution in [0.25, 0.3) is 10.9 Å². The number of ether oxygens (including phenoxy) is 1. The number of esters is 1. The lowest BCUT2D eigenvalue weighted by Gasteiger charge is -2.18. The fourth-order valence-corrected chi connectivity index (χ4v) is 3.95. The highest BCUT2D eigenvalue weighted by Gasteiger charge is 2.27. The van der Waals surface area contributed by atoms with Crippen LogP contribution < -0.4 is 5.32 Å². The summed E-state index contributed by atoms with van der Waals surface area (Å²) in [5.74, 6) is -0.809. The van der Waals surface area contributed by atoms with Gasteiger partial charge in [0.1, 0.15) is 0 Å². The Balaban J connectivity index is 1.59. The molecular weight excluding hydrogens is 364 g/mol. The van der Waals surface area contributed by atoms with Crippen LogP contribution in [0.2, 0.25) is 0 Å². The molecule has 1 atom stereocenters. The molecule has 5 heteroatoms. The van der Waals surface area contributed by atoms with Gasteiger partial charge in [-0.3, -0.25) is 9.78 Å². The Morgan fingerprint density at radius 1 is 1.03 bits per heavy atom. The lowest BCUT2D eigenvalue weighted by atomic mass is 10.0. The number of pyridine rings is 1. The zero-order valence-corrected chi connectivity index (χ0v) is 16.9. The lowest BCUT2D eigenvalue weighted by Crippen LogP contribution is -2.31. The molecule has 0 saturated heterocycles.